The number of fused-ring (bicyclic) bond motifs is 1. The molecule has 0 saturated heterocycles. The lowest BCUT2D eigenvalue weighted by molar-refractivity contribution is 0.725. The summed E-state index contributed by atoms with van der Waals surface area (Å²) in [7, 11) is 0. The van der Waals surface area contributed by atoms with Crippen molar-refractivity contribution in [1.82, 2.24) is 9.55 Å². The molecule has 4 heteroatoms. The van der Waals surface area contributed by atoms with E-state index in [-0.39, 0.29) is 0 Å². The Balaban J connectivity index is 2.59. The Morgan fingerprint density at radius 1 is 1.27 bits per heavy atom. The highest BCUT2D eigenvalue weighted by Gasteiger charge is 2.08. The Hall–Kier alpha value is -2.33. The lowest BCUT2D eigenvalue weighted by atomic mass is 10.3. The predicted octanol–water partition coefficient (Wildman–Crippen LogP) is 1.82. The van der Waals surface area contributed by atoms with Crippen molar-refractivity contribution in [2.45, 2.75) is 13.0 Å². The fourth-order valence-electron chi connectivity index (χ4n) is 1.55. The van der Waals surface area contributed by atoms with Crippen molar-refractivity contribution in [1.29, 1.82) is 10.5 Å². The average molecular weight is 196 g/mol. The monoisotopic (exact) mass is 196 g/mol. The van der Waals surface area contributed by atoms with Crippen molar-refractivity contribution in [3.05, 3.63) is 30.1 Å². The van der Waals surface area contributed by atoms with Crippen LogP contribution in [-0.4, -0.2) is 9.55 Å². The van der Waals surface area contributed by atoms with Crippen LogP contribution in [-0.2, 0) is 6.54 Å². The molecule has 0 unspecified atom stereocenters. The Bertz CT molecular complexity index is 568. The quantitative estimate of drug-likeness (QED) is 0.735. The molecule has 1 aromatic carbocycles. The number of aromatic nitrogens is 2. The Labute approximate surface area is 87.0 Å². The molecule has 4 nitrogen and oxygen atoms in total. The molecule has 0 aliphatic rings. The van der Waals surface area contributed by atoms with Crippen LogP contribution in [0.2, 0.25) is 0 Å². The molecule has 0 aliphatic carbocycles. The standard InChI is InChI=1S/C11H8N4/c12-6-3-7-15-10-5-2-1-4-9(10)14-11(15)8-13/h1-2,4-5H,3,7H2. The first-order chi connectivity index (χ1) is 7.36. The van der Waals surface area contributed by atoms with Gasteiger partial charge in [-0.2, -0.15) is 10.5 Å². The molecule has 1 heterocycles. The van der Waals surface area contributed by atoms with Crippen LogP contribution in [0, 0.1) is 22.7 Å². The first kappa shape index (κ1) is 9.23. The van der Waals surface area contributed by atoms with Gasteiger partial charge in [0.05, 0.1) is 23.5 Å². The van der Waals surface area contributed by atoms with E-state index in [0.29, 0.717) is 18.8 Å². The number of hydrogen-bond acceptors (Lipinski definition) is 3. The zero-order valence-corrected chi connectivity index (χ0v) is 8.01. The molecule has 0 amide bonds. The predicted molar refractivity (Wildman–Crippen MR) is 54.7 cm³/mol. The van der Waals surface area contributed by atoms with Crippen molar-refractivity contribution in [3.63, 3.8) is 0 Å². The van der Waals surface area contributed by atoms with Gasteiger partial charge in [-0.15, -0.1) is 0 Å². The molecule has 0 atom stereocenters. The zero-order chi connectivity index (χ0) is 10.7. The molecule has 0 N–H and O–H groups in total. The molecule has 0 fully saturated rings. The topological polar surface area (TPSA) is 65.4 Å². The van der Waals surface area contributed by atoms with Gasteiger partial charge in [0.1, 0.15) is 6.07 Å². The third kappa shape index (κ3) is 1.53. The van der Waals surface area contributed by atoms with Gasteiger partial charge in [0, 0.05) is 6.54 Å². The summed E-state index contributed by atoms with van der Waals surface area (Å²) in [4.78, 5) is 4.18. The molecule has 0 radical (unpaired) electrons. The fraction of sp³-hybridized carbons (Fsp3) is 0.182. The number of hydrogen-bond donors (Lipinski definition) is 0. The maximum atomic E-state index is 8.90. The lowest BCUT2D eigenvalue weighted by Crippen LogP contribution is -2.00. The minimum Gasteiger partial charge on any atom is -0.314 e. The number of rotatable bonds is 2. The first-order valence-corrected chi connectivity index (χ1v) is 4.59. The van der Waals surface area contributed by atoms with Gasteiger partial charge in [-0.25, -0.2) is 4.98 Å². The molecule has 0 aliphatic heterocycles. The van der Waals surface area contributed by atoms with Crippen LogP contribution in [0.5, 0.6) is 0 Å². The second-order valence-electron chi connectivity index (χ2n) is 3.10. The van der Waals surface area contributed by atoms with Crippen molar-refractivity contribution in [3.8, 4) is 12.1 Å². The van der Waals surface area contributed by atoms with E-state index in [0.717, 1.165) is 11.0 Å². The van der Waals surface area contributed by atoms with E-state index in [9.17, 15) is 0 Å². The molecule has 72 valence electrons. The smallest absolute Gasteiger partial charge is 0.213 e. The van der Waals surface area contributed by atoms with Crippen molar-refractivity contribution < 1.29 is 0 Å². The SMILES string of the molecule is N#CCCn1c(C#N)nc2ccccc21. The third-order valence-corrected chi connectivity index (χ3v) is 2.20. The van der Waals surface area contributed by atoms with E-state index in [1.54, 1.807) is 4.57 Å². The van der Waals surface area contributed by atoms with Gasteiger partial charge < -0.3 is 4.57 Å². The highest BCUT2D eigenvalue weighted by molar-refractivity contribution is 5.76. The number of nitriles is 2. The number of benzene rings is 1. The summed E-state index contributed by atoms with van der Waals surface area (Å²) in [5.74, 6) is 0.367. The number of imidazole rings is 1. The molecule has 0 saturated carbocycles. The fourth-order valence-corrected chi connectivity index (χ4v) is 1.55. The summed E-state index contributed by atoms with van der Waals surface area (Å²) in [5, 5.41) is 17.4. The van der Waals surface area contributed by atoms with Crippen molar-refractivity contribution in [2.75, 3.05) is 0 Å². The minimum absolute atomic E-state index is 0.367. The summed E-state index contributed by atoms with van der Waals surface area (Å²) in [6.07, 6.45) is 0.384. The van der Waals surface area contributed by atoms with Crippen LogP contribution in [0.4, 0.5) is 0 Å². The van der Waals surface area contributed by atoms with E-state index in [4.69, 9.17) is 10.5 Å². The Morgan fingerprint density at radius 3 is 2.80 bits per heavy atom. The van der Waals surface area contributed by atoms with E-state index in [1.807, 2.05) is 30.3 Å². The van der Waals surface area contributed by atoms with Crippen LogP contribution in [0.25, 0.3) is 11.0 Å². The largest absolute Gasteiger partial charge is 0.314 e. The number of nitrogens with zero attached hydrogens (tertiary/aromatic N) is 4. The summed E-state index contributed by atoms with van der Waals surface area (Å²) >= 11 is 0. The second kappa shape index (κ2) is 3.81. The zero-order valence-electron chi connectivity index (χ0n) is 8.01. The van der Waals surface area contributed by atoms with Crippen molar-refractivity contribution >= 4 is 11.0 Å². The molecule has 0 bridgehead atoms. The van der Waals surface area contributed by atoms with Gasteiger partial charge in [0.2, 0.25) is 5.82 Å². The molecular formula is C11H8N4. The van der Waals surface area contributed by atoms with E-state index >= 15 is 0 Å². The summed E-state index contributed by atoms with van der Waals surface area (Å²) in [5.41, 5.74) is 1.70. The molecule has 15 heavy (non-hydrogen) atoms. The van der Waals surface area contributed by atoms with Gasteiger partial charge in [-0.3, -0.25) is 0 Å². The summed E-state index contributed by atoms with van der Waals surface area (Å²) < 4.78 is 1.78. The molecule has 2 aromatic rings. The number of aryl methyl sites for hydroxylation is 1. The average Bonchev–Trinajstić information content (AvgIpc) is 2.64. The van der Waals surface area contributed by atoms with Crippen molar-refractivity contribution in [2.24, 2.45) is 0 Å². The highest BCUT2D eigenvalue weighted by Crippen LogP contribution is 2.15. The molecular weight excluding hydrogens is 188 g/mol. The van der Waals surface area contributed by atoms with Crippen LogP contribution in [0.1, 0.15) is 12.2 Å². The first-order valence-electron chi connectivity index (χ1n) is 4.59. The maximum absolute atomic E-state index is 8.90. The molecule has 0 spiro atoms. The minimum atomic E-state index is 0.367. The van der Waals surface area contributed by atoms with Gasteiger partial charge in [-0.05, 0) is 12.1 Å². The van der Waals surface area contributed by atoms with Crippen LogP contribution >= 0.6 is 0 Å². The molecule has 1 aromatic heterocycles. The van der Waals surface area contributed by atoms with Crippen LogP contribution in [0.3, 0.4) is 0 Å². The van der Waals surface area contributed by atoms with Crippen LogP contribution in [0.15, 0.2) is 24.3 Å². The molecule has 2 rings (SSSR count). The maximum Gasteiger partial charge on any atom is 0.213 e. The summed E-state index contributed by atoms with van der Waals surface area (Å²) in [6.45, 7) is 0.514. The van der Waals surface area contributed by atoms with E-state index in [2.05, 4.69) is 11.1 Å². The van der Waals surface area contributed by atoms with E-state index in [1.165, 1.54) is 0 Å². The second-order valence-corrected chi connectivity index (χ2v) is 3.10. The van der Waals surface area contributed by atoms with E-state index < -0.39 is 0 Å². The third-order valence-electron chi connectivity index (χ3n) is 2.20. The Morgan fingerprint density at radius 2 is 2.07 bits per heavy atom. The number of para-hydroxylation sites is 2. The summed E-state index contributed by atoms with van der Waals surface area (Å²) in [6, 6.07) is 11.6. The highest BCUT2D eigenvalue weighted by atomic mass is 15.1. The Kier molecular flexibility index (Phi) is 2.35. The normalized spacial score (nSPS) is 9.73. The van der Waals surface area contributed by atoms with Gasteiger partial charge in [0.15, 0.2) is 0 Å². The van der Waals surface area contributed by atoms with Gasteiger partial charge in [0.25, 0.3) is 0 Å². The van der Waals surface area contributed by atoms with Gasteiger partial charge >= 0.3 is 0 Å². The van der Waals surface area contributed by atoms with Gasteiger partial charge in [-0.1, -0.05) is 12.1 Å². The van der Waals surface area contributed by atoms with Crippen LogP contribution < -0.4 is 0 Å². The lowest BCUT2D eigenvalue weighted by Gasteiger charge is -2.00.